The van der Waals surface area contributed by atoms with Crippen LogP contribution in [0.15, 0.2) is 76.1 Å². The van der Waals surface area contributed by atoms with Crippen LogP contribution in [0.5, 0.6) is 0 Å². The second-order valence-electron chi connectivity index (χ2n) is 8.64. The monoisotopic (exact) mass is 527 g/mol. The summed E-state index contributed by atoms with van der Waals surface area (Å²) in [6.07, 6.45) is 2.11. The molecular weight excluding hydrogens is 498 g/mol. The Morgan fingerprint density at radius 2 is 1.76 bits per heavy atom. The molecule has 5 nitrogen and oxygen atoms in total. The quantitative estimate of drug-likeness (QED) is 0.433. The fourth-order valence-electron chi connectivity index (χ4n) is 4.37. The van der Waals surface area contributed by atoms with Gasteiger partial charge in [-0.1, -0.05) is 53.2 Å². The van der Waals surface area contributed by atoms with Gasteiger partial charge in [0.05, 0.1) is 10.6 Å². The maximum absolute atomic E-state index is 12.8. The third kappa shape index (κ3) is 5.96. The van der Waals surface area contributed by atoms with Crippen LogP contribution in [0.25, 0.3) is 0 Å². The largest absolute Gasteiger partial charge is 0.369 e. The van der Waals surface area contributed by atoms with Crippen LogP contribution in [0, 0.1) is 0 Å². The minimum atomic E-state index is -3.44. The van der Waals surface area contributed by atoms with E-state index in [2.05, 4.69) is 50.5 Å². The van der Waals surface area contributed by atoms with Crippen molar-refractivity contribution in [3.63, 3.8) is 0 Å². The van der Waals surface area contributed by atoms with E-state index >= 15 is 0 Å². The van der Waals surface area contributed by atoms with Crippen molar-refractivity contribution >= 4 is 42.8 Å². The SMILES string of the molecule is CC(Cc1cccc(Br)c1)c1cc(S(C)(=O)=O)c(Nc2ccccc2)cc1N1CCNCC1. The Kier molecular flexibility index (Phi) is 7.41. The number of nitrogens with one attached hydrogen (secondary N) is 2. The zero-order valence-electron chi connectivity index (χ0n) is 19.0. The van der Waals surface area contributed by atoms with E-state index in [1.165, 1.54) is 11.8 Å². The summed E-state index contributed by atoms with van der Waals surface area (Å²) in [4.78, 5) is 2.70. The van der Waals surface area contributed by atoms with E-state index in [1.54, 1.807) is 0 Å². The number of hydrogen-bond donors (Lipinski definition) is 2. The summed E-state index contributed by atoms with van der Waals surface area (Å²) in [6, 6.07) is 21.9. The van der Waals surface area contributed by atoms with Crippen LogP contribution in [0.1, 0.15) is 24.0 Å². The summed E-state index contributed by atoms with van der Waals surface area (Å²) in [7, 11) is -3.44. The summed E-state index contributed by atoms with van der Waals surface area (Å²) >= 11 is 3.56. The molecular formula is C26H30BrN3O2S. The van der Waals surface area contributed by atoms with Gasteiger partial charge in [0.1, 0.15) is 0 Å². The molecule has 4 rings (SSSR count). The lowest BCUT2D eigenvalue weighted by molar-refractivity contribution is 0.584. The molecule has 0 bridgehead atoms. The normalized spacial score (nSPS) is 15.3. The van der Waals surface area contributed by atoms with Gasteiger partial charge in [-0.25, -0.2) is 8.42 Å². The maximum atomic E-state index is 12.8. The van der Waals surface area contributed by atoms with Gasteiger partial charge in [0.25, 0.3) is 0 Å². The van der Waals surface area contributed by atoms with Crippen LogP contribution >= 0.6 is 15.9 Å². The Bertz CT molecular complexity index is 1210. The number of anilines is 3. The fourth-order valence-corrected chi connectivity index (χ4v) is 5.66. The van der Waals surface area contributed by atoms with E-state index in [0.717, 1.165) is 54.0 Å². The first-order valence-corrected chi connectivity index (χ1v) is 13.9. The second kappa shape index (κ2) is 10.3. The molecule has 0 spiro atoms. The average molecular weight is 529 g/mol. The van der Waals surface area contributed by atoms with Gasteiger partial charge in [-0.05, 0) is 59.9 Å². The molecule has 174 valence electrons. The lowest BCUT2D eigenvalue weighted by atomic mass is 9.91. The lowest BCUT2D eigenvalue weighted by Gasteiger charge is -2.33. The Morgan fingerprint density at radius 1 is 1.03 bits per heavy atom. The molecule has 1 heterocycles. The zero-order chi connectivity index (χ0) is 23.4. The van der Waals surface area contributed by atoms with Crippen molar-refractivity contribution in [2.24, 2.45) is 0 Å². The summed E-state index contributed by atoms with van der Waals surface area (Å²) in [6.45, 7) is 5.78. The second-order valence-corrected chi connectivity index (χ2v) is 11.5. The van der Waals surface area contributed by atoms with Gasteiger partial charge in [-0.3, -0.25) is 0 Å². The van der Waals surface area contributed by atoms with Crippen LogP contribution in [0.3, 0.4) is 0 Å². The summed E-state index contributed by atoms with van der Waals surface area (Å²) in [5, 5.41) is 6.77. The third-order valence-corrected chi connectivity index (χ3v) is 7.63. The average Bonchev–Trinajstić information content (AvgIpc) is 2.79. The summed E-state index contributed by atoms with van der Waals surface area (Å²) in [5.41, 5.74) is 4.87. The molecule has 1 aliphatic heterocycles. The van der Waals surface area contributed by atoms with E-state index in [4.69, 9.17) is 0 Å². The molecule has 1 atom stereocenters. The molecule has 1 aliphatic rings. The third-order valence-electron chi connectivity index (χ3n) is 6.00. The first kappa shape index (κ1) is 23.8. The number of para-hydroxylation sites is 1. The number of sulfone groups is 1. The molecule has 1 saturated heterocycles. The molecule has 0 aromatic heterocycles. The van der Waals surface area contributed by atoms with Crippen LogP contribution in [-0.4, -0.2) is 40.9 Å². The molecule has 7 heteroatoms. The topological polar surface area (TPSA) is 61.4 Å². The smallest absolute Gasteiger partial charge is 0.177 e. The van der Waals surface area contributed by atoms with Crippen LogP contribution in [0.4, 0.5) is 17.1 Å². The van der Waals surface area contributed by atoms with Gasteiger partial charge in [-0.15, -0.1) is 0 Å². The number of piperazine rings is 1. The Hall–Kier alpha value is -2.35. The van der Waals surface area contributed by atoms with Gasteiger partial charge < -0.3 is 15.5 Å². The molecule has 1 fully saturated rings. The highest BCUT2D eigenvalue weighted by molar-refractivity contribution is 9.10. The highest BCUT2D eigenvalue weighted by Gasteiger charge is 2.24. The van der Waals surface area contributed by atoms with Gasteiger partial charge in [0, 0.05) is 48.3 Å². The molecule has 3 aromatic carbocycles. The van der Waals surface area contributed by atoms with Gasteiger partial charge >= 0.3 is 0 Å². The number of nitrogens with zero attached hydrogens (tertiary/aromatic N) is 1. The highest BCUT2D eigenvalue weighted by atomic mass is 79.9. The van der Waals surface area contributed by atoms with Gasteiger partial charge in [-0.2, -0.15) is 0 Å². The van der Waals surface area contributed by atoms with Crippen LogP contribution in [0.2, 0.25) is 0 Å². The molecule has 0 radical (unpaired) electrons. The van der Waals surface area contributed by atoms with Crippen molar-refractivity contribution in [2.75, 3.05) is 42.7 Å². The van der Waals surface area contributed by atoms with Gasteiger partial charge in [0.15, 0.2) is 9.84 Å². The molecule has 2 N–H and O–H groups in total. The van der Waals surface area contributed by atoms with Crippen molar-refractivity contribution < 1.29 is 8.42 Å². The summed E-state index contributed by atoms with van der Waals surface area (Å²) < 4.78 is 26.7. The van der Waals surface area contributed by atoms with E-state index < -0.39 is 9.84 Å². The predicted molar refractivity (Wildman–Crippen MR) is 141 cm³/mol. The predicted octanol–water partition coefficient (Wildman–Crippen LogP) is 5.35. The first-order chi connectivity index (χ1) is 15.8. The van der Waals surface area contributed by atoms with E-state index in [9.17, 15) is 8.42 Å². The Morgan fingerprint density at radius 3 is 2.42 bits per heavy atom. The van der Waals surface area contributed by atoms with E-state index in [0.29, 0.717) is 10.6 Å². The maximum Gasteiger partial charge on any atom is 0.177 e. The molecule has 0 saturated carbocycles. The van der Waals surface area contributed by atoms with E-state index in [1.807, 2.05) is 54.6 Å². The molecule has 33 heavy (non-hydrogen) atoms. The first-order valence-electron chi connectivity index (χ1n) is 11.2. The van der Waals surface area contributed by atoms with Crippen molar-refractivity contribution in [1.82, 2.24) is 5.32 Å². The molecule has 1 unspecified atom stereocenters. The van der Waals surface area contributed by atoms with Gasteiger partial charge in [0.2, 0.25) is 0 Å². The minimum Gasteiger partial charge on any atom is -0.369 e. The Balaban J connectivity index is 1.80. The number of hydrogen-bond acceptors (Lipinski definition) is 5. The minimum absolute atomic E-state index is 0.149. The highest BCUT2D eigenvalue weighted by Crippen LogP contribution is 2.38. The molecule has 0 amide bonds. The standard InChI is InChI=1S/C26H30BrN3O2S/c1-19(15-20-7-6-8-21(27)16-20)23-17-26(33(2,31)32)24(29-22-9-4-3-5-10-22)18-25(23)30-13-11-28-12-14-30/h3-10,16-19,28-29H,11-15H2,1-2H3. The number of halogens is 1. The van der Waals surface area contributed by atoms with Crippen LogP contribution < -0.4 is 15.5 Å². The fraction of sp³-hybridized carbons (Fsp3) is 0.308. The lowest BCUT2D eigenvalue weighted by Crippen LogP contribution is -2.44. The molecule has 0 aliphatic carbocycles. The zero-order valence-corrected chi connectivity index (χ0v) is 21.4. The van der Waals surface area contributed by atoms with Crippen molar-refractivity contribution in [3.8, 4) is 0 Å². The number of rotatable bonds is 7. The van der Waals surface area contributed by atoms with Crippen molar-refractivity contribution in [3.05, 3.63) is 82.3 Å². The van der Waals surface area contributed by atoms with Crippen molar-refractivity contribution in [2.45, 2.75) is 24.2 Å². The summed E-state index contributed by atoms with van der Waals surface area (Å²) in [5.74, 6) is 0.149. The van der Waals surface area contributed by atoms with E-state index in [-0.39, 0.29) is 5.92 Å². The van der Waals surface area contributed by atoms with Crippen LogP contribution in [-0.2, 0) is 16.3 Å². The number of benzene rings is 3. The Labute approximate surface area is 205 Å². The van der Waals surface area contributed by atoms with Crippen molar-refractivity contribution in [1.29, 1.82) is 0 Å². The molecule has 3 aromatic rings.